The summed E-state index contributed by atoms with van der Waals surface area (Å²) in [7, 11) is 1.28. The molecule has 0 fully saturated rings. The number of methoxy groups -OCH3 is 1. The molecule has 0 spiro atoms. The Morgan fingerprint density at radius 3 is 2.67 bits per heavy atom. The molecule has 1 aliphatic heterocycles. The molecule has 4 N–H and O–H groups in total. The van der Waals surface area contributed by atoms with E-state index in [4.69, 9.17) is 18.9 Å². The average Bonchev–Trinajstić information content (AvgIpc) is 2.91. The van der Waals surface area contributed by atoms with Crippen molar-refractivity contribution in [2.45, 2.75) is 26.1 Å². The van der Waals surface area contributed by atoms with Gasteiger partial charge in [0.05, 0.1) is 35.1 Å². The van der Waals surface area contributed by atoms with E-state index in [-0.39, 0.29) is 12.2 Å². The highest BCUT2D eigenvalue weighted by molar-refractivity contribution is 14.1. The van der Waals surface area contributed by atoms with Crippen molar-refractivity contribution in [3.8, 4) is 17.2 Å². The quantitative estimate of drug-likeness (QED) is 0.0647. The van der Waals surface area contributed by atoms with Crippen LogP contribution in [0.25, 0.3) is 0 Å². The number of rotatable bonds is 13. The van der Waals surface area contributed by atoms with Gasteiger partial charge in [-0.1, -0.05) is 18.7 Å². The van der Waals surface area contributed by atoms with Gasteiger partial charge in [-0.2, -0.15) is 5.10 Å². The topological polar surface area (TPSA) is 140 Å². The monoisotopic (exact) mass is 650 g/mol. The summed E-state index contributed by atoms with van der Waals surface area (Å²) in [5.74, 6) is 0.939. The first-order chi connectivity index (χ1) is 18.8. The molecule has 0 saturated carbocycles. The zero-order chi connectivity index (χ0) is 28.4. The number of aliphatic hydroxyl groups excluding tert-OH is 1. The molecule has 3 rings (SSSR count). The Kier molecular flexibility index (Phi) is 11.0. The first-order valence-corrected chi connectivity index (χ1v) is 13.1. The number of hydrogen-bond donors (Lipinski definition) is 4. The summed E-state index contributed by atoms with van der Waals surface area (Å²) in [6, 6.07) is 9.42. The van der Waals surface area contributed by atoms with E-state index in [1.54, 1.807) is 37.4 Å². The zero-order valence-electron chi connectivity index (χ0n) is 21.8. The summed E-state index contributed by atoms with van der Waals surface area (Å²) < 4.78 is 22.9. The van der Waals surface area contributed by atoms with Crippen molar-refractivity contribution in [3.63, 3.8) is 0 Å². The Hall–Kier alpha value is -3.78. The van der Waals surface area contributed by atoms with Gasteiger partial charge in [0.1, 0.15) is 19.0 Å². The van der Waals surface area contributed by atoms with Crippen LogP contribution < -0.4 is 30.3 Å². The predicted octanol–water partition coefficient (Wildman–Crippen LogP) is 3.38. The Morgan fingerprint density at radius 2 is 1.97 bits per heavy atom. The number of carbonyl (C=O) groups is 2. The molecule has 39 heavy (non-hydrogen) atoms. The molecule has 11 nitrogen and oxygen atoms in total. The first kappa shape index (κ1) is 29.8. The third-order valence-corrected chi connectivity index (χ3v) is 6.26. The molecule has 0 bridgehead atoms. The van der Waals surface area contributed by atoms with E-state index in [2.05, 4.69) is 50.3 Å². The van der Waals surface area contributed by atoms with Crippen molar-refractivity contribution in [2.75, 3.05) is 26.9 Å². The van der Waals surface area contributed by atoms with Crippen LogP contribution in [0.2, 0.25) is 0 Å². The lowest BCUT2D eigenvalue weighted by molar-refractivity contribution is -0.136. The minimum absolute atomic E-state index is 0.126. The summed E-state index contributed by atoms with van der Waals surface area (Å²) >= 11 is 2.17. The summed E-state index contributed by atoms with van der Waals surface area (Å²) in [6.07, 6.45) is 2.15. The van der Waals surface area contributed by atoms with Crippen LogP contribution >= 0.6 is 22.6 Å². The predicted molar refractivity (Wildman–Crippen MR) is 154 cm³/mol. The Balaban J connectivity index is 1.66. The van der Waals surface area contributed by atoms with Crippen molar-refractivity contribution >= 4 is 40.8 Å². The van der Waals surface area contributed by atoms with Crippen LogP contribution in [-0.2, 0) is 9.53 Å². The standard InChI is InChI=1S/C27H31IN4O7/c1-5-11-38-20-9-7-17(12-19(20)28)14-29-32-23(33)15-39-21-10-8-18(13-22(21)37-6-2)25-24(26(34)36-4)16(3)30-27(35)31-25/h5,7-10,12-14,23,25,32-33H,1,6,11,15H2,2-4H3,(H2,30,31,35)/b29-14-/t23-,25-/m1/s1. The number of amides is 2. The van der Waals surface area contributed by atoms with Crippen molar-refractivity contribution in [3.05, 3.63) is 75.0 Å². The summed E-state index contributed by atoms with van der Waals surface area (Å²) in [5, 5.41) is 19.7. The molecular formula is C27H31IN4O7. The van der Waals surface area contributed by atoms with Gasteiger partial charge in [-0.15, -0.1) is 0 Å². The van der Waals surface area contributed by atoms with Gasteiger partial charge >= 0.3 is 12.0 Å². The lowest BCUT2D eigenvalue weighted by Gasteiger charge is -2.28. The molecule has 2 aromatic rings. The van der Waals surface area contributed by atoms with Crippen LogP contribution in [0.15, 0.2) is 65.4 Å². The molecule has 0 saturated heterocycles. The van der Waals surface area contributed by atoms with Crippen LogP contribution in [0.4, 0.5) is 4.79 Å². The van der Waals surface area contributed by atoms with Crippen LogP contribution in [-0.4, -0.2) is 56.5 Å². The summed E-state index contributed by atoms with van der Waals surface area (Å²) in [6.45, 7) is 7.72. The van der Waals surface area contributed by atoms with E-state index in [0.717, 1.165) is 14.9 Å². The number of nitrogens with one attached hydrogen (secondary N) is 3. The molecule has 1 heterocycles. The maximum Gasteiger partial charge on any atom is 0.337 e. The molecule has 12 heteroatoms. The number of hydrogen-bond acceptors (Lipinski definition) is 9. The van der Waals surface area contributed by atoms with E-state index < -0.39 is 24.3 Å². The number of allylic oxidation sites excluding steroid dienone is 1. The number of nitrogens with zero attached hydrogens (tertiary/aromatic N) is 1. The largest absolute Gasteiger partial charge is 0.490 e. The normalized spacial score (nSPS) is 15.7. The lowest BCUT2D eigenvalue weighted by atomic mass is 9.95. The third kappa shape index (κ3) is 8.10. The maximum absolute atomic E-state index is 12.4. The smallest absolute Gasteiger partial charge is 0.337 e. The minimum Gasteiger partial charge on any atom is -0.490 e. The van der Waals surface area contributed by atoms with Crippen LogP contribution in [0, 0.1) is 3.57 Å². The molecular weight excluding hydrogens is 619 g/mol. The van der Waals surface area contributed by atoms with Gasteiger partial charge in [0, 0.05) is 5.70 Å². The Labute approximate surface area is 240 Å². The number of esters is 1. The van der Waals surface area contributed by atoms with E-state index in [1.807, 2.05) is 25.1 Å². The molecule has 0 aromatic heterocycles. The molecule has 208 valence electrons. The van der Waals surface area contributed by atoms with Crippen molar-refractivity contribution < 1.29 is 33.6 Å². The SMILES string of the molecule is C=CCOc1ccc(/C=N\N[C@H](O)COc2ccc([C@H]3NC(=O)NC(C)=C3C(=O)OC)cc2OCC)cc1I. The van der Waals surface area contributed by atoms with Crippen molar-refractivity contribution in [2.24, 2.45) is 5.10 Å². The second kappa shape index (κ2) is 14.4. The highest BCUT2D eigenvalue weighted by atomic mass is 127. The van der Waals surface area contributed by atoms with Gasteiger partial charge in [-0.3, -0.25) is 5.43 Å². The van der Waals surface area contributed by atoms with E-state index in [0.29, 0.717) is 36.0 Å². The molecule has 0 radical (unpaired) electrons. The maximum atomic E-state index is 12.4. The molecule has 1 aliphatic rings. The number of ether oxygens (including phenoxy) is 4. The summed E-state index contributed by atoms with van der Waals surface area (Å²) in [4.78, 5) is 24.5. The van der Waals surface area contributed by atoms with E-state index in [9.17, 15) is 14.7 Å². The minimum atomic E-state index is -1.11. The number of urea groups is 1. The molecule has 2 atom stereocenters. The van der Waals surface area contributed by atoms with Crippen molar-refractivity contribution in [1.82, 2.24) is 16.1 Å². The second-order valence-corrected chi connectivity index (χ2v) is 9.37. The highest BCUT2D eigenvalue weighted by Gasteiger charge is 2.32. The van der Waals surface area contributed by atoms with Gasteiger partial charge in [0.15, 0.2) is 17.7 Å². The fraction of sp³-hybridized carbons (Fsp3) is 0.296. The van der Waals surface area contributed by atoms with Gasteiger partial charge in [-0.05, 0) is 77.9 Å². The molecule has 0 unspecified atom stereocenters. The Bertz CT molecular complexity index is 1260. The number of halogens is 1. The fourth-order valence-corrected chi connectivity index (χ4v) is 4.38. The van der Waals surface area contributed by atoms with Crippen LogP contribution in [0.1, 0.15) is 31.0 Å². The third-order valence-electron chi connectivity index (χ3n) is 5.42. The number of aliphatic hydroxyl groups is 1. The molecule has 2 amide bonds. The first-order valence-electron chi connectivity index (χ1n) is 12.0. The lowest BCUT2D eigenvalue weighted by Crippen LogP contribution is -2.45. The van der Waals surface area contributed by atoms with Gasteiger partial charge < -0.3 is 34.7 Å². The van der Waals surface area contributed by atoms with Gasteiger partial charge in [-0.25, -0.2) is 9.59 Å². The Morgan fingerprint density at radius 1 is 1.21 bits per heavy atom. The van der Waals surface area contributed by atoms with Crippen LogP contribution in [0.3, 0.4) is 0 Å². The second-order valence-electron chi connectivity index (χ2n) is 8.20. The average molecular weight is 650 g/mol. The molecule has 2 aromatic carbocycles. The van der Waals surface area contributed by atoms with Gasteiger partial charge in [0.2, 0.25) is 0 Å². The highest BCUT2D eigenvalue weighted by Crippen LogP contribution is 2.35. The van der Waals surface area contributed by atoms with Crippen LogP contribution in [0.5, 0.6) is 17.2 Å². The van der Waals surface area contributed by atoms with E-state index >= 15 is 0 Å². The fourth-order valence-electron chi connectivity index (χ4n) is 3.68. The van der Waals surface area contributed by atoms with E-state index in [1.165, 1.54) is 7.11 Å². The molecule has 0 aliphatic carbocycles. The number of carbonyl (C=O) groups excluding carboxylic acids is 2. The number of benzene rings is 2. The van der Waals surface area contributed by atoms with Crippen molar-refractivity contribution in [1.29, 1.82) is 0 Å². The van der Waals surface area contributed by atoms with Gasteiger partial charge in [0.25, 0.3) is 0 Å². The summed E-state index contributed by atoms with van der Waals surface area (Å²) in [5.41, 5.74) is 4.71. The number of hydrazone groups is 1. The zero-order valence-corrected chi connectivity index (χ0v) is 24.0.